The SMILES string of the molecule is CCCC(O)c1cnc2ccsc2c1. The van der Waals surface area contributed by atoms with E-state index in [1.165, 1.54) is 0 Å². The van der Waals surface area contributed by atoms with E-state index in [1.54, 1.807) is 17.5 Å². The lowest BCUT2D eigenvalue weighted by Gasteiger charge is -2.08. The van der Waals surface area contributed by atoms with Crippen LogP contribution in [0.25, 0.3) is 10.2 Å². The first-order valence-corrected chi connectivity index (χ1v) is 5.70. The molecule has 0 aliphatic rings. The summed E-state index contributed by atoms with van der Waals surface area (Å²) < 4.78 is 1.15. The fourth-order valence-corrected chi connectivity index (χ4v) is 2.27. The van der Waals surface area contributed by atoms with Crippen molar-refractivity contribution < 1.29 is 5.11 Å². The van der Waals surface area contributed by atoms with Gasteiger partial charge in [0.05, 0.1) is 16.3 Å². The number of hydrogen-bond donors (Lipinski definition) is 1. The zero-order chi connectivity index (χ0) is 9.97. The van der Waals surface area contributed by atoms with Crippen LogP contribution in [0.2, 0.25) is 0 Å². The molecule has 74 valence electrons. The molecule has 1 N–H and O–H groups in total. The van der Waals surface area contributed by atoms with Gasteiger partial charge >= 0.3 is 0 Å². The van der Waals surface area contributed by atoms with Crippen molar-refractivity contribution in [3.05, 3.63) is 29.3 Å². The fraction of sp³-hybridized carbons (Fsp3) is 0.364. The number of thiophene rings is 1. The Kier molecular flexibility index (Phi) is 2.79. The average Bonchev–Trinajstić information content (AvgIpc) is 2.64. The van der Waals surface area contributed by atoms with Gasteiger partial charge in [0.1, 0.15) is 0 Å². The van der Waals surface area contributed by atoms with Crippen LogP contribution in [0.4, 0.5) is 0 Å². The predicted octanol–water partition coefficient (Wildman–Crippen LogP) is 3.13. The molecule has 3 heteroatoms. The second-order valence-electron chi connectivity index (χ2n) is 3.38. The van der Waals surface area contributed by atoms with Crippen LogP contribution in [0.5, 0.6) is 0 Å². The van der Waals surface area contributed by atoms with Crippen molar-refractivity contribution in [1.82, 2.24) is 4.98 Å². The molecule has 0 saturated carbocycles. The summed E-state index contributed by atoms with van der Waals surface area (Å²) >= 11 is 1.66. The predicted molar refractivity (Wildman–Crippen MR) is 59.5 cm³/mol. The third kappa shape index (κ3) is 1.79. The van der Waals surface area contributed by atoms with Crippen molar-refractivity contribution in [3.63, 3.8) is 0 Å². The lowest BCUT2D eigenvalue weighted by atomic mass is 10.1. The Morgan fingerprint density at radius 3 is 3.21 bits per heavy atom. The molecular formula is C11H13NOS. The van der Waals surface area contributed by atoms with E-state index in [9.17, 15) is 5.11 Å². The number of pyridine rings is 1. The van der Waals surface area contributed by atoms with Gasteiger partial charge in [-0.2, -0.15) is 0 Å². The van der Waals surface area contributed by atoms with E-state index in [-0.39, 0.29) is 6.10 Å². The van der Waals surface area contributed by atoms with Crippen molar-refractivity contribution in [1.29, 1.82) is 0 Å². The monoisotopic (exact) mass is 207 g/mol. The van der Waals surface area contributed by atoms with Gasteiger partial charge in [0, 0.05) is 11.8 Å². The molecule has 2 heterocycles. The highest BCUT2D eigenvalue weighted by Gasteiger charge is 2.07. The van der Waals surface area contributed by atoms with Crippen molar-refractivity contribution in [3.8, 4) is 0 Å². The maximum atomic E-state index is 9.78. The minimum absolute atomic E-state index is 0.362. The van der Waals surface area contributed by atoms with E-state index in [0.29, 0.717) is 0 Å². The first kappa shape index (κ1) is 9.62. The number of aromatic nitrogens is 1. The summed E-state index contributed by atoms with van der Waals surface area (Å²) in [7, 11) is 0. The maximum absolute atomic E-state index is 9.78. The summed E-state index contributed by atoms with van der Waals surface area (Å²) in [6, 6.07) is 4.03. The van der Waals surface area contributed by atoms with Gasteiger partial charge in [0.25, 0.3) is 0 Å². The molecule has 0 radical (unpaired) electrons. The molecule has 0 fully saturated rings. The van der Waals surface area contributed by atoms with Crippen LogP contribution < -0.4 is 0 Å². The number of fused-ring (bicyclic) bond motifs is 1. The zero-order valence-electron chi connectivity index (χ0n) is 8.10. The first-order valence-electron chi connectivity index (χ1n) is 4.82. The van der Waals surface area contributed by atoms with Crippen molar-refractivity contribution in [2.45, 2.75) is 25.9 Å². The highest BCUT2D eigenvalue weighted by molar-refractivity contribution is 7.17. The van der Waals surface area contributed by atoms with E-state index in [1.807, 2.05) is 17.5 Å². The van der Waals surface area contributed by atoms with Crippen molar-refractivity contribution in [2.75, 3.05) is 0 Å². The number of hydrogen-bond acceptors (Lipinski definition) is 3. The van der Waals surface area contributed by atoms with Crippen LogP contribution in [0.3, 0.4) is 0 Å². The molecule has 0 amide bonds. The number of rotatable bonds is 3. The molecule has 2 nitrogen and oxygen atoms in total. The number of aliphatic hydroxyl groups is 1. The lowest BCUT2D eigenvalue weighted by Crippen LogP contribution is -1.96. The lowest BCUT2D eigenvalue weighted by molar-refractivity contribution is 0.166. The minimum atomic E-state index is -0.362. The quantitative estimate of drug-likeness (QED) is 0.838. The van der Waals surface area contributed by atoms with Crippen molar-refractivity contribution >= 4 is 21.6 Å². The van der Waals surface area contributed by atoms with Gasteiger partial charge < -0.3 is 5.11 Å². The molecule has 0 spiro atoms. The Morgan fingerprint density at radius 1 is 1.57 bits per heavy atom. The van der Waals surface area contributed by atoms with Crippen LogP contribution in [0.15, 0.2) is 23.7 Å². The number of nitrogens with zero attached hydrogens (tertiary/aromatic N) is 1. The highest BCUT2D eigenvalue weighted by Crippen LogP contribution is 2.24. The van der Waals surface area contributed by atoms with Gasteiger partial charge in [-0.1, -0.05) is 13.3 Å². The van der Waals surface area contributed by atoms with Gasteiger partial charge in [0.15, 0.2) is 0 Å². The Bertz CT molecular complexity index is 424. The molecule has 0 aliphatic carbocycles. The van der Waals surface area contributed by atoms with Crippen LogP contribution in [-0.4, -0.2) is 10.1 Å². The highest BCUT2D eigenvalue weighted by atomic mass is 32.1. The van der Waals surface area contributed by atoms with E-state index < -0.39 is 0 Å². The molecule has 14 heavy (non-hydrogen) atoms. The second-order valence-corrected chi connectivity index (χ2v) is 4.32. The Morgan fingerprint density at radius 2 is 2.43 bits per heavy atom. The molecule has 0 aliphatic heterocycles. The average molecular weight is 207 g/mol. The Labute approximate surface area is 87.2 Å². The molecule has 1 atom stereocenters. The Hall–Kier alpha value is -0.930. The maximum Gasteiger partial charge on any atom is 0.0809 e. The third-order valence-corrected chi connectivity index (χ3v) is 3.12. The first-order chi connectivity index (χ1) is 6.81. The number of aliphatic hydroxyl groups excluding tert-OH is 1. The van der Waals surface area contributed by atoms with Crippen LogP contribution in [0.1, 0.15) is 31.4 Å². The molecule has 0 saturated heterocycles. The summed E-state index contributed by atoms with van der Waals surface area (Å²) in [5.41, 5.74) is 1.95. The van der Waals surface area contributed by atoms with E-state index in [0.717, 1.165) is 28.6 Å². The van der Waals surface area contributed by atoms with E-state index in [2.05, 4.69) is 11.9 Å². The molecule has 2 aromatic heterocycles. The third-order valence-electron chi connectivity index (χ3n) is 2.27. The zero-order valence-corrected chi connectivity index (χ0v) is 8.92. The van der Waals surface area contributed by atoms with Gasteiger partial charge in [-0.15, -0.1) is 11.3 Å². The summed E-state index contributed by atoms with van der Waals surface area (Å²) in [5, 5.41) is 11.8. The molecule has 1 unspecified atom stereocenters. The van der Waals surface area contributed by atoms with Crippen LogP contribution in [-0.2, 0) is 0 Å². The summed E-state index contributed by atoms with van der Waals surface area (Å²) in [6.45, 7) is 2.07. The van der Waals surface area contributed by atoms with Crippen LogP contribution in [0, 0.1) is 0 Å². The van der Waals surface area contributed by atoms with Crippen LogP contribution >= 0.6 is 11.3 Å². The largest absolute Gasteiger partial charge is 0.388 e. The second kappa shape index (κ2) is 4.07. The van der Waals surface area contributed by atoms with E-state index in [4.69, 9.17) is 0 Å². The summed E-state index contributed by atoms with van der Waals surface area (Å²) in [6.07, 6.45) is 3.21. The topological polar surface area (TPSA) is 33.1 Å². The normalized spacial score (nSPS) is 13.3. The molecule has 2 rings (SSSR count). The van der Waals surface area contributed by atoms with Gasteiger partial charge in [-0.3, -0.25) is 4.98 Å². The van der Waals surface area contributed by atoms with Gasteiger partial charge in [0.2, 0.25) is 0 Å². The Balaban J connectivity index is 2.33. The standard InChI is InChI=1S/C11H13NOS/c1-2-3-10(13)8-6-11-9(12-7-8)4-5-14-11/h4-7,10,13H,2-3H2,1H3. The van der Waals surface area contributed by atoms with Gasteiger partial charge in [-0.25, -0.2) is 0 Å². The van der Waals surface area contributed by atoms with E-state index >= 15 is 0 Å². The molecular weight excluding hydrogens is 194 g/mol. The molecule has 2 aromatic rings. The molecule has 0 bridgehead atoms. The minimum Gasteiger partial charge on any atom is -0.388 e. The molecule has 0 aromatic carbocycles. The summed E-state index contributed by atoms with van der Waals surface area (Å²) in [5.74, 6) is 0. The fourth-order valence-electron chi connectivity index (χ4n) is 1.48. The summed E-state index contributed by atoms with van der Waals surface area (Å²) in [4.78, 5) is 4.29. The van der Waals surface area contributed by atoms with Gasteiger partial charge in [-0.05, 0) is 23.9 Å². The van der Waals surface area contributed by atoms with Crippen molar-refractivity contribution in [2.24, 2.45) is 0 Å². The smallest absolute Gasteiger partial charge is 0.0809 e.